The van der Waals surface area contributed by atoms with Crippen molar-refractivity contribution in [2.75, 3.05) is 37.8 Å². The molecular weight excluding hydrogens is 210 g/mol. The van der Waals surface area contributed by atoms with Gasteiger partial charge >= 0.3 is 0 Å². The van der Waals surface area contributed by atoms with E-state index in [2.05, 4.69) is 49.0 Å². The van der Waals surface area contributed by atoms with E-state index >= 15 is 0 Å². The molecule has 1 saturated heterocycles. The summed E-state index contributed by atoms with van der Waals surface area (Å²) in [5.41, 5.74) is 9.34. The Hall–Kier alpha value is -1.22. The molecule has 1 aromatic carbocycles. The van der Waals surface area contributed by atoms with E-state index < -0.39 is 0 Å². The molecule has 3 nitrogen and oxygen atoms in total. The Balaban J connectivity index is 2.17. The van der Waals surface area contributed by atoms with Crippen LogP contribution in [0.2, 0.25) is 0 Å². The fourth-order valence-corrected chi connectivity index (χ4v) is 2.59. The summed E-state index contributed by atoms with van der Waals surface area (Å²) in [5, 5.41) is 0. The van der Waals surface area contributed by atoms with Crippen molar-refractivity contribution in [2.45, 2.75) is 25.8 Å². The molecule has 0 spiro atoms. The van der Waals surface area contributed by atoms with E-state index in [-0.39, 0.29) is 0 Å². The zero-order chi connectivity index (χ0) is 12.4. The van der Waals surface area contributed by atoms with Gasteiger partial charge in [0.1, 0.15) is 0 Å². The van der Waals surface area contributed by atoms with E-state index in [9.17, 15) is 0 Å². The first-order valence-corrected chi connectivity index (χ1v) is 6.35. The monoisotopic (exact) mass is 233 g/mol. The van der Waals surface area contributed by atoms with Gasteiger partial charge in [0, 0.05) is 30.5 Å². The zero-order valence-corrected chi connectivity index (χ0v) is 11.1. The van der Waals surface area contributed by atoms with Crippen molar-refractivity contribution in [1.29, 1.82) is 0 Å². The van der Waals surface area contributed by atoms with Crippen molar-refractivity contribution in [2.24, 2.45) is 0 Å². The molecule has 0 saturated carbocycles. The van der Waals surface area contributed by atoms with E-state index in [1.807, 2.05) is 0 Å². The van der Waals surface area contributed by atoms with Gasteiger partial charge in [0.25, 0.3) is 0 Å². The van der Waals surface area contributed by atoms with Gasteiger partial charge in [-0.05, 0) is 51.6 Å². The first-order chi connectivity index (χ1) is 8.08. The Morgan fingerprint density at radius 1 is 1.41 bits per heavy atom. The fourth-order valence-electron chi connectivity index (χ4n) is 2.59. The first kappa shape index (κ1) is 12.2. The highest BCUT2D eigenvalue weighted by Crippen LogP contribution is 2.28. The summed E-state index contributed by atoms with van der Waals surface area (Å²) in [6.07, 6.45) is 2.57. The van der Waals surface area contributed by atoms with Crippen LogP contribution in [0.1, 0.15) is 18.4 Å². The van der Waals surface area contributed by atoms with Crippen molar-refractivity contribution < 1.29 is 0 Å². The summed E-state index contributed by atoms with van der Waals surface area (Å²) in [6.45, 7) is 4.33. The average Bonchev–Trinajstić information content (AvgIpc) is 2.69. The minimum absolute atomic E-state index is 0.632. The van der Waals surface area contributed by atoms with Crippen LogP contribution in [0.15, 0.2) is 18.2 Å². The largest absolute Gasteiger partial charge is 0.398 e. The molecule has 0 aromatic heterocycles. The Morgan fingerprint density at radius 2 is 2.18 bits per heavy atom. The lowest BCUT2D eigenvalue weighted by molar-refractivity contribution is 0.372. The molecule has 0 bridgehead atoms. The van der Waals surface area contributed by atoms with E-state index in [0.29, 0.717) is 6.04 Å². The molecule has 1 unspecified atom stereocenters. The molecule has 94 valence electrons. The number of nitrogens with two attached hydrogens (primary N) is 1. The van der Waals surface area contributed by atoms with Gasteiger partial charge in [-0.1, -0.05) is 6.07 Å². The van der Waals surface area contributed by atoms with Gasteiger partial charge in [-0.2, -0.15) is 0 Å². The Bertz CT molecular complexity index is 387. The number of hydrogen-bond donors (Lipinski definition) is 1. The summed E-state index contributed by atoms with van der Waals surface area (Å²) < 4.78 is 0. The second-order valence-corrected chi connectivity index (χ2v) is 5.29. The van der Waals surface area contributed by atoms with Crippen molar-refractivity contribution in [3.05, 3.63) is 23.8 Å². The summed E-state index contributed by atoms with van der Waals surface area (Å²) >= 11 is 0. The zero-order valence-electron chi connectivity index (χ0n) is 11.1. The van der Waals surface area contributed by atoms with Gasteiger partial charge in [0.15, 0.2) is 0 Å². The van der Waals surface area contributed by atoms with Gasteiger partial charge in [0.2, 0.25) is 0 Å². The van der Waals surface area contributed by atoms with Crippen LogP contribution in [-0.4, -0.2) is 38.1 Å². The molecule has 1 aromatic rings. The highest BCUT2D eigenvalue weighted by atomic mass is 15.2. The minimum Gasteiger partial charge on any atom is -0.398 e. The Labute approximate surface area is 104 Å². The van der Waals surface area contributed by atoms with Gasteiger partial charge in [-0.25, -0.2) is 0 Å². The van der Waals surface area contributed by atoms with Crippen LogP contribution in [0.4, 0.5) is 11.4 Å². The summed E-state index contributed by atoms with van der Waals surface area (Å²) in [5.74, 6) is 0. The van der Waals surface area contributed by atoms with Crippen molar-refractivity contribution >= 4 is 11.4 Å². The summed E-state index contributed by atoms with van der Waals surface area (Å²) in [4.78, 5) is 4.76. The minimum atomic E-state index is 0.632. The lowest BCUT2D eigenvalue weighted by Gasteiger charge is -2.29. The third-order valence-corrected chi connectivity index (χ3v) is 3.55. The molecule has 1 aliphatic rings. The number of nitrogens with zero attached hydrogens (tertiary/aromatic N) is 2. The standard InChI is InChI=1S/C14H23N3/c1-11-6-7-12(9-14(11)15)17-8-4-5-13(17)10-16(2)3/h6-7,9,13H,4-5,8,10,15H2,1-3H3. The normalized spacial score (nSPS) is 20.2. The number of benzene rings is 1. The first-order valence-electron chi connectivity index (χ1n) is 6.35. The van der Waals surface area contributed by atoms with E-state index in [4.69, 9.17) is 5.73 Å². The molecule has 17 heavy (non-hydrogen) atoms. The maximum Gasteiger partial charge on any atom is 0.0417 e. The number of rotatable bonds is 3. The third kappa shape index (κ3) is 2.72. The van der Waals surface area contributed by atoms with Gasteiger partial charge in [-0.15, -0.1) is 0 Å². The maximum atomic E-state index is 6.00. The van der Waals surface area contributed by atoms with Crippen molar-refractivity contribution in [3.8, 4) is 0 Å². The van der Waals surface area contributed by atoms with Crippen LogP contribution >= 0.6 is 0 Å². The quantitative estimate of drug-likeness (QED) is 0.812. The second-order valence-electron chi connectivity index (χ2n) is 5.29. The van der Waals surface area contributed by atoms with E-state index in [0.717, 1.165) is 24.3 Å². The van der Waals surface area contributed by atoms with Gasteiger partial charge < -0.3 is 15.5 Å². The van der Waals surface area contributed by atoms with Crippen LogP contribution in [-0.2, 0) is 0 Å². The lowest BCUT2D eigenvalue weighted by atomic mass is 10.1. The van der Waals surface area contributed by atoms with E-state index in [1.165, 1.54) is 18.5 Å². The highest BCUT2D eigenvalue weighted by molar-refractivity contribution is 5.60. The highest BCUT2D eigenvalue weighted by Gasteiger charge is 2.25. The van der Waals surface area contributed by atoms with Gasteiger partial charge in [-0.3, -0.25) is 0 Å². The van der Waals surface area contributed by atoms with Crippen LogP contribution < -0.4 is 10.6 Å². The molecule has 0 amide bonds. The van der Waals surface area contributed by atoms with Crippen LogP contribution in [0.3, 0.4) is 0 Å². The van der Waals surface area contributed by atoms with Gasteiger partial charge in [0.05, 0.1) is 0 Å². The molecule has 3 heteroatoms. The Morgan fingerprint density at radius 3 is 2.82 bits per heavy atom. The van der Waals surface area contributed by atoms with Crippen LogP contribution in [0.5, 0.6) is 0 Å². The molecular formula is C14H23N3. The molecule has 0 aliphatic carbocycles. The van der Waals surface area contributed by atoms with Crippen molar-refractivity contribution in [3.63, 3.8) is 0 Å². The molecule has 2 N–H and O–H groups in total. The average molecular weight is 233 g/mol. The fraction of sp³-hybridized carbons (Fsp3) is 0.571. The number of nitrogen functional groups attached to an aromatic ring is 1. The van der Waals surface area contributed by atoms with Crippen LogP contribution in [0.25, 0.3) is 0 Å². The lowest BCUT2D eigenvalue weighted by Crippen LogP contribution is -2.37. The molecule has 0 radical (unpaired) electrons. The topological polar surface area (TPSA) is 32.5 Å². The number of anilines is 2. The third-order valence-electron chi connectivity index (χ3n) is 3.55. The molecule has 1 fully saturated rings. The second kappa shape index (κ2) is 4.96. The molecule has 2 rings (SSSR count). The Kier molecular flexibility index (Phi) is 3.57. The maximum absolute atomic E-state index is 6.00. The van der Waals surface area contributed by atoms with Crippen LogP contribution in [0, 0.1) is 6.92 Å². The predicted octanol–water partition coefficient (Wildman–Crippen LogP) is 2.11. The predicted molar refractivity (Wildman–Crippen MR) is 74.5 cm³/mol. The molecule has 1 atom stereocenters. The molecule has 1 heterocycles. The van der Waals surface area contributed by atoms with E-state index in [1.54, 1.807) is 0 Å². The number of aryl methyl sites for hydroxylation is 1. The summed E-state index contributed by atoms with van der Waals surface area (Å²) in [6, 6.07) is 7.06. The summed E-state index contributed by atoms with van der Waals surface area (Å²) in [7, 11) is 4.28. The number of likely N-dealkylation sites (N-methyl/N-ethyl adjacent to an activating group) is 1. The van der Waals surface area contributed by atoms with Crippen molar-refractivity contribution in [1.82, 2.24) is 4.90 Å². The number of hydrogen-bond acceptors (Lipinski definition) is 3. The SMILES string of the molecule is Cc1ccc(N2CCCC2CN(C)C)cc1N. The smallest absolute Gasteiger partial charge is 0.0417 e. The molecule has 1 aliphatic heterocycles.